The zero-order chi connectivity index (χ0) is 24.3. The number of Topliss-reactive ketones (excluding diaryl/α,β-unsaturated/α-hetero) is 1. The lowest BCUT2D eigenvalue weighted by atomic mass is 9.85. The van der Waals surface area contributed by atoms with E-state index in [2.05, 4.69) is 36.7 Å². The molecule has 2 aromatic rings. The second kappa shape index (κ2) is 10.1. The van der Waals surface area contributed by atoms with Crippen molar-refractivity contribution in [2.75, 3.05) is 27.4 Å². The minimum atomic E-state index is -0.693. The molecule has 1 unspecified atom stereocenters. The van der Waals surface area contributed by atoms with Gasteiger partial charge in [-0.25, -0.2) is 0 Å². The monoisotopic (exact) mass is 515 g/mol. The van der Waals surface area contributed by atoms with Gasteiger partial charge < -0.3 is 19.5 Å². The Labute approximate surface area is 203 Å². The SMILES string of the molecule is COCCCN1C(=O)C(=O)/C(=C(\O)c2ccc(OC)c(Br)c2)C1c1ccc(C(C)(C)C)cc1. The number of hydrogen-bond acceptors (Lipinski definition) is 5. The van der Waals surface area contributed by atoms with E-state index in [9.17, 15) is 14.7 Å². The van der Waals surface area contributed by atoms with Gasteiger partial charge in [0.15, 0.2) is 0 Å². The number of carbonyl (C=O) groups is 2. The summed E-state index contributed by atoms with van der Waals surface area (Å²) in [4.78, 5) is 27.6. The number of methoxy groups -OCH3 is 2. The van der Waals surface area contributed by atoms with Crippen LogP contribution in [0, 0.1) is 0 Å². The Balaban J connectivity index is 2.13. The number of likely N-dealkylation sites (tertiary alicyclic amines) is 1. The molecule has 0 aromatic heterocycles. The van der Waals surface area contributed by atoms with Crippen LogP contribution in [0.2, 0.25) is 0 Å². The number of hydrogen-bond donors (Lipinski definition) is 1. The normalized spacial score (nSPS) is 18.1. The molecule has 33 heavy (non-hydrogen) atoms. The van der Waals surface area contributed by atoms with Crippen LogP contribution in [-0.2, 0) is 19.7 Å². The molecular formula is C26H30BrNO5. The molecule has 2 aromatic carbocycles. The molecule has 0 saturated carbocycles. The van der Waals surface area contributed by atoms with Gasteiger partial charge in [-0.1, -0.05) is 45.0 Å². The molecule has 1 heterocycles. The van der Waals surface area contributed by atoms with Crippen LogP contribution in [0.4, 0.5) is 0 Å². The summed E-state index contributed by atoms with van der Waals surface area (Å²) in [5.41, 5.74) is 2.39. The molecule has 0 bridgehead atoms. The van der Waals surface area contributed by atoms with Crippen LogP contribution in [0.25, 0.3) is 5.76 Å². The quantitative estimate of drug-likeness (QED) is 0.237. The van der Waals surface area contributed by atoms with Gasteiger partial charge in [0.2, 0.25) is 0 Å². The van der Waals surface area contributed by atoms with Crippen LogP contribution < -0.4 is 4.74 Å². The van der Waals surface area contributed by atoms with E-state index in [-0.39, 0.29) is 16.7 Å². The Morgan fingerprint density at radius 3 is 2.30 bits per heavy atom. The molecule has 1 saturated heterocycles. The third-order valence-electron chi connectivity index (χ3n) is 5.81. The van der Waals surface area contributed by atoms with Crippen LogP contribution in [-0.4, -0.2) is 49.1 Å². The topological polar surface area (TPSA) is 76.1 Å². The first-order valence-electron chi connectivity index (χ1n) is 10.8. The van der Waals surface area contributed by atoms with Crippen molar-refractivity contribution in [2.24, 2.45) is 0 Å². The van der Waals surface area contributed by atoms with E-state index in [1.54, 1.807) is 32.4 Å². The van der Waals surface area contributed by atoms with Crippen molar-refractivity contribution in [3.05, 3.63) is 69.2 Å². The summed E-state index contributed by atoms with van der Waals surface area (Å²) in [7, 11) is 3.14. The molecule has 7 heteroatoms. The minimum absolute atomic E-state index is 0.0336. The van der Waals surface area contributed by atoms with Crippen LogP contribution in [0.1, 0.15) is 49.9 Å². The highest BCUT2D eigenvalue weighted by molar-refractivity contribution is 9.10. The van der Waals surface area contributed by atoms with E-state index in [0.29, 0.717) is 35.4 Å². The van der Waals surface area contributed by atoms with E-state index < -0.39 is 17.7 Å². The van der Waals surface area contributed by atoms with Crippen molar-refractivity contribution < 1.29 is 24.2 Å². The molecule has 1 aliphatic heterocycles. The molecule has 176 valence electrons. The van der Waals surface area contributed by atoms with Gasteiger partial charge in [0.1, 0.15) is 11.5 Å². The van der Waals surface area contributed by atoms with Crippen LogP contribution in [0.3, 0.4) is 0 Å². The summed E-state index contributed by atoms with van der Waals surface area (Å²) >= 11 is 3.42. The minimum Gasteiger partial charge on any atom is -0.507 e. The number of ether oxygens (including phenoxy) is 2. The molecule has 0 radical (unpaired) electrons. The van der Waals surface area contributed by atoms with Gasteiger partial charge in [-0.2, -0.15) is 0 Å². The molecular weight excluding hydrogens is 486 g/mol. The molecule has 0 spiro atoms. The first-order chi connectivity index (χ1) is 15.6. The molecule has 3 rings (SSSR count). The summed E-state index contributed by atoms with van der Waals surface area (Å²) in [6.07, 6.45) is 0.578. The predicted octanol–water partition coefficient (Wildman–Crippen LogP) is 5.21. The first kappa shape index (κ1) is 25.0. The van der Waals surface area contributed by atoms with Gasteiger partial charge >= 0.3 is 0 Å². The predicted molar refractivity (Wildman–Crippen MR) is 131 cm³/mol. The van der Waals surface area contributed by atoms with Crippen molar-refractivity contribution in [3.8, 4) is 5.75 Å². The van der Waals surface area contributed by atoms with E-state index in [1.165, 1.54) is 4.90 Å². The summed E-state index contributed by atoms with van der Waals surface area (Å²) < 4.78 is 11.0. The number of carbonyl (C=O) groups excluding carboxylic acids is 2. The molecule has 1 atom stereocenters. The summed E-state index contributed by atoms with van der Waals surface area (Å²) in [6, 6.07) is 12.2. The molecule has 1 amide bonds. The summed E-state index contributed by atoms with van der Waals surface area (Å²) in [5, 5.41) is 11.2. The highest BCUT2D eigenvalue weighted by Crippen LogP contribution is 2.41. The largest absolute Gasteiger partial charge is 0.507 e. The maximum atomic E-state index is 13.1. The lowest BCUT2D eigenvalue weighted by Gasteiger charge is -2.26. The average Bonchev–Trinajstić information content (AvgIpc) is 3.03. The fourth-order valence-electron chi connectivity index (χ4n) is 3.97. The Morgan fingerprint density at radius 2 is 1.76 bits per heavy atom. The lowest BCUT2D eigenvalue weighted by molar-refractivity contribution is -0.140. The maximum Gasteiger partial charge on any atom is 0.295 e. The average molecular weight is 516 g/mol. The lowest BCUT2D eigenvalue weighted by Crippen LogP contribution is -2.31. The maximum absolute atomic E-state index is 13.1. The second-order valence-electron chi connectivity index (χ2n) is 9.06. The van der Waals surface area contributed by atoms with Crippen LogP contribution in [0.15, 0.2) is 52.5 Å². The summed E-state index contributed by atoms with van der Waals surface area (Å²) in [6.45, 7) is 7.18. The first-order valence-corrected chi connectivity index (χ1v) is 11.6. The highest BCUT2D eigenvalue weighted by Gasteiger charge is 2.45. The van der Waals surface area contributed by atoms with E-state index in [0.717, 1.165) is 11.1 Å². The van der Waals surface area contributed by atoms with E-state index in [4.69, 9.17) is 9.47 Å². The Morgan fingerprint density at radius 1 is 1.09 bits per heavy atom. The van der Waals surface area contributed by atoms with Crippen molar-refractivity contribution >= 4 is 33.4 Å². The number of rotatable bonds is 7. The van der Waals surface area contributed by atoms with E-state index >= 15 is 0 Å². The number of ketones is 1. The van der Waals surface area contributed by atoms with Gasteiger partial charge in [-0.3, -0.25) is 9.59 Å². The Kier molecular flexibility index (Phi) is 7.65. The summed E-state index contributed by atoms with van der Waals surface area (Å²) in [5.74, 6) is -0.927. The number of amides is 1. The van der Waals surface area contributed by atoms with Gasteiger partial charge in [-0.15, -0.1) is 0 Å². The zero-order valence-electron chi connectivity index (χ0n) is 19.6. The van der Waals surface area contributed by atoms with Crippen molar-refractivity contribution in [2.45, 2.75) is 38.6 Å². The van der Waals surface area contributed by atoms with E-state index in [1.807, 2.05) is 24.3 Å². The standard InChI is InChI=1S/C26H30BrNO5/c1-26(2,3)18-10-7-16(8-11-18)22-21(24(30)25(31)28(22)13-6-14-32-4)23(29)17-9-12-20(33-5)19(27)15-17/h7-12,15,22,29H,6,13-14H2,1-5H3/b23-21-. The fraction of sp³-hybridized carbons (Fsp3) is 0.385. The van der Waals surface area contributed by atoms with Gasteiger partial charge in [0, 0.05) is 25.8 Å². The third-order valence-corrected chi connectivity index (χ3v) is 6.42. The van der Waals surface area contributed by atoms with Crippen molar-refractivity contribution in [1.82, 2.24) is 4.90 Å². The molecule has 6 nitrogen and oxygen atoms in total. The highest BCUT2D eigenvalue weighted by atomic mass is 79.9. The second-order valence-corrected chi connectivity index (χ2v) is 9.91. The zero-order valence-corrected chi connectivity index (χ0v) is 21.2. The molecule has 1 N–H and O–H groups in total. The molecule has 0 aliphatic carbocycles. The van der Waals surface area contributed by atoms with Crippen molar-refractivity contribution in [3.63, 3.8) is 0 Å². The van der Waals surface area contributed by atoms with Crippen LogP contribution >= 0.6 is 15.9 Å². The third kappa shape index (κ3) is 5.14. The Bertz CT molecular complexity index is 1070. The number of aliphatic hydroxyl groups excluding tert-OH is 1. The number of nitrogens with zero attached hydrogens (tertiary/aromatic N) is 1. The Hall–Kier alpha value is -2.64. The molecule has 1 fully saturated rings. The fourth-order valence-corrected chi connectivity index (χ4v) is 4.51. The smallest absolute Gasteiger partial charge is 0.295 e. The van der Waals surface area contributed by atoms with Gasteiger partial charge in [0.05, 0.1) is 23.2 Å². The number of halogens is 1. The number of benzene rings is 2. The van der Waals surface area contributed by atoms with Gasteiger partial charge in [-0.05, 0) is 57.1 Å². The van der Waals surface area contributed by atoms with Gasteiger partial charge in [0.25, 0.3) is 11.7 Å². The number of aliphatic hydroxyl groups is 1. The van der Waals surface area contributed by atoms with Crippen molar-refractivity contribution in [1.29, 1.82) is 0 Å². The van der Waals surface area contributed by atoms with Crippen LogP contribution in [0.5, 0.6) is 5.75 Å². The molecule has 1 aliphatic rings.